The van der Waals surface area contributed by atoms with Crippen LogP contribution in [0.1, 0.15) is 64.2 Å². The molecule has 3 rings (SSSR count). The fourth-order valence-electron chi connectivity index (χ4n) is 4.44. The van der Waals surface area contributed by atoms with E-state index in [9.17, 15) is 0 Å². The highest BCUT2D eigenvalue weighted by Crippen LogP contribution is 2.30. The molecule has 2 aliphatic heterocycles. The van der Waals surface area contributed by atoms with Crippen LogP contribution in [0.2, 0.25) is 0 Å². The Morgan fingerprint density at radius 1 is 0.950 bits per heavy atom. The van der Waals surface area contributed by atoms with Gasteiger partial charge in [0.2, 0.25) is 0 Å². The summed E-state index contributed by atoms with van der Waals surface area (Å²) in [6.07, 6.45) is 14.1. The van der Waals surface area contributed by atoms with Crippen molar-refractivity contribution >= 4 is 0 Å². The summed E-state index contributed by atoms with van der Waals surface area (Å²) in [5, 5.41) is 7.61. The minimum Gasteiger partial charge on any atom is -0.378 e. The Kier molecular flexibility index (Phi) is 5.75. The first-order valence-electron chi connectivity index (χ1n) is 9.02. The molecular formula is C17H32N2O. The lowest BCUT2D eigenvalue weighted by atomic mass is 9.79. The molecule has 3 nitrogen and oxygen atoms in total. The normalized spacial score (nSPS) is 39.0. The van der Waals surface area contributed by atoms with Gasteiger partial charge in [-0.25, -0.2) is 0 Å². The van der Waals surface area contributed by atoms with E-state index in [1.54, 1.807) is 0 Å². The zero-order chi connectivity index (χ0) is 13.6. The lowest BCUT2D eigenvalue weighted by Crippen LogP contribution is -2.47. The second-order valence-electron chi connectivity index (χ2n) is 6.99. The average molecular weight is 280 g/mol. The Labute approximate surface area is 124 Å². The fraction of sp³-hybridized carbons (Fsp3) is 1.00. The van der Waals surface area contributed by atoms with Crippen molar-refractivity contribution in [1.82, 2.24) is 10.6 Å². The number of ether oxygens (including phenoxy) is 1. The van der Waals surface area contributed by atoms with Gasteiger partial charge in [-0.15, -0.1) is 0 Å². The molecule has 0 spiro atoms. The van der Waals surface area contributed by atoms with Crippen LogP contribution in [0, 0.1) is 5.92 Å². The van der Waals surface area contributed by atoms with E-state index in [4.69, 9.17) is 4.74 Å². The molecule has 116 valence electrons. The molecule has 0 radical (unpaired) electrons. The van der Waals surface area contributed by atoms with Gasteiger partial charge in [0.1, 0.15) is 0 Å². The van der Waals surface area contributed by atoms with Crippen molar-refractivity contribution in [2.75, 3.05) is 19.7 Å². The first-order chi connectivity index (χ1) is 9.93. The van der Waals surface area contributed by atoms with Crippen LogP contribution in [0.5, 0.6) is 0 Å². The summed E-state index contributed by atoms with van der Waals surface area (Å²) in [4.78, 5) is 0. The summed E-state index contributed by atoms with van der Waals surface area (Å²) in [5.41, 5.74) is 0. The highest BCUT2D eigenvalue weighted by Gasteiger charge is 2.32. The summed E-state index contributed by atoms with van der Waals surface area (Å²) in [7, 11) is 0. The number of rotatable bonds is 5. The summed E-state index contributed by atoms with van der Waals surface area (Å²) >= 11 is 0. The maximum absolute atomic E-state index is 5.84. The van der Waals surface area contributed by atoms with Gasteiger partial charge in [-0.1, -0.05) is 12.8 Å². The van der Waals surface area contributed by atoms with Crippen molar-refractivity contribution in [1.29, 1.82) is 0 Å². The number of hydrogen-bond donors (Lipinski definition) is 2. The van der Waals surface area contributed by atoms with Crippen LogP contribution in [0.3, 0.4) is 0 Å². The zero-order valence-corrected chi connectivity index (χ0v) is 12.9. The lowest BCUT2D eigenvalue weighted by molar-refractivity contribution is 0.0105. The molecule has 0 amide bonds. The molecule has 2 saturated heterocycles. The van der Waals surface area contributed by atoms with E-state index in [1.807, 2.05) is 0 Å². The van der Waals surface area contributed by atoms with E-state index in [0.29, 0.717) is 6.10 Å². The van der Waals surface area contributed by atoms with E-state index in [-0.39, 0.29) is 0 Å². The van der Waals surface area contributed by atoms with Crippen LogP contribution in [-0.2, 0) is 4.74 Å². The van der Waals surface area contributed by atoms with E-state index >= 15 is 0 Å². The van der Waals surface area contributed by atoms with Crippen molar-refractivity contribution in [2.24, 2.45) is 5.92 Å². The highest BCUT2D eigenvalue weighted by molar-refractivity contribution is 4.91. The maximum Gasteiger partial charge on any atom is 0.0587 e. The number of hydrogen-bond acceptors (Lipinski definition) is 3. The van der Waals surface area contributed by atoms with Crippen LogP contribution in [-0.4, -0.2) is 37.9 Å². The molecule has 3 heteroatoms. The van der Waals surface area contributed by atoms with Crippen molar-refractivity contribution in [2.45, 2.75) is 82.4 Å². The van der Waals surface area contributed by atoms with Crippen LogP contribution < -0.4 is 10.6 Å². The van der Waals surface area contributed by atoms with E-state index in [0.717, 1.165) is 31.2 Å². The first kappa shape index (κ1) is 14.8. The van der Waals surface area contributed by atoms with Crippen LogP contribution in [0.15, 0.2) is 0 Å². The molecule has 0 aromatic carbocycles. The minimum absolute atomic E-state index is 0.530. The molecule has 4 atom stereocenters. The van der Waals surface area contributed by atoms with E-state index in [2.05, 4.69) is 10.6 Å². The molecule has 0 aromatic heterocycles. The van der Waals surface area contributed by atoms with Gasteiger partial charge < -0.3 is 15.4 Å². The molecule has 3 aliphatic rings. The molecule has 1 aliphatic carbocycles. The molecule has 2 heterocycles. The zero-order valence-electron chi connectivity index (χ0n) is 12.9. The molecule has 20 heavy (non-hydrogen) atoms. The molecule has 0 bridgehead atoms. The second kappa shape index (κ2) is 7.77. The third-order valence-corrected chi connectivity index (χ3v) is 5.58. The Bertz CT molecular complexity index is 272. The molecule has 1 saturated carbocycles. The Morgan fingerprint density at radius 3 is 2.65 bits per heavy atom. The largest absolute Gasteiger partial charge is 0.378 e. The SMILES string of the molecule is C1CCC(CCNC2CCCCC2C2CCCN2)OC1. The second-order valence-corrected chi connectivity index (χ2v) is 6.99. The average Bonchev–Trinajstić information content (AvgIpc) is 3.03. The van der Waals surface area contributed by atoms with Crippen molar-refractivity contribution < 1.29 is 4.74 Å². The quantitative estimate of drug-likeness (QED) is 0.812. The standard InChI is InChI=1S/C17H32N2O/c1-2-8-16(15(7-1)17-9-5-11-18-17)19-12-10-14-6-3-4-13-20-14/h14-19H,1-13H2. The van der Waals surface area contributed by atoms with Gasteiger partial charge in [-0.05, 0) is 70.4 Å². The molecule has 4 unspecified atom stereocenters. The van der Waals surface area contributed by atoms with Gasteiger partial charge in [0.25, 0.3) is 0 Å². The van der Waals surface area contributed by atoms with Gasteiger partial charge in [0.15, 0.2) is 0 Å². The summed E-state index contributed by atoms with van der Waals surface area (Å²) in [6, 6.07) is 1.54. The van der Waals surface area contributed by atoms with E-state index < -0.39 is 0 Å². The third-order valence-electron chi connectivity index (χ3n) is 5.58. The third kappa shape index (κ3) is 3.96. The van der Waals surface area contributed by atoms with Crippen LogP contribution >= 0.6 is 0 Å². The first-order valence-corrected chi connectivity index (χ1v) is 9.02. The minimum atomic E-state index is 0.530. The van der Waals surface area contributed by atoms with Crippen molar-refractivity contribution in [3.8, 4) is 0 Å². The summed E-state index contributed by atoms with van der Waals surface area (Å²) in [6.45, 7) is 3.38. The van der Waals surface area contributed by atoms with Gasteiger partial charge in [0, 0.05) is 18.7 Å². The Balaban J connectivity index is 1.41. The molecule has 2 N–H and O–H groups in total. The topological polar surface area (TPSA) is 33.3 Å². The lowest BCUT2D eigenvalue weighted by Gasteiger charge is -2.36. The highest BCUT2D eigenvalue weighted by atomic mass is 16.5. The van der Waals surface area contributed by atoms with Gasteiger partial charge in [-0.3, -0.25) is 0 Å². The van der Waals surface area contributed by atoms with Crippen molar-refractivity contribution in [3.05, 3.63) is 0 Å². The monoisotopic (exact) mass is 280 g/mol. The van der Waals surface area contributed by atoms with Crippen molar-refractivity contribution in [3.63, 3.8) is 0 Å². The Morgan fingerprint density at radius 2 is 1.85 bits per heavy atom. The van der Waals surface area contributed by atoms with Gasteiger partial charge in [-0.2, -0.15) is 0 Å². The van der Waals surface area contributed by atoms with Crippen LogP contribution in [0.25, 0.3) is 0 Å². The predicted octanol–water partition coefficient (Wildman–Crippen LogP) is 2.85. The van der Waals surface area contributed by atoms with Gasteiger partial charge >= 0.3 is 0 Å². The predicted molar refractivity (Wildman–Crippen MR) is 83.0 cm³/mol. The fourth-order valence-corrected chi connectivity index (χ4v) is 4.44. The van der Waals surface area contributed by atoms with Gasteiger partial charge in [0.05, 0.1) is 6.10 Å². The molecule has 3 fully saturated rings. The maximum atomic E-state index is 5.84. The molecule has 0 aromatic rings. The molecular weight excluding hydrogens is 248 g/mol. The Hall–Kier alpha value is -0.120. The van der Waals surface area contributed by atoms with E-state index in [1.165, 1.54) is 70.8 Å². The number of nitrogens with one attached hydrogen (secondary N) is 2. The summed E-state index contributed by atoms with van der Waals surface area (Å²) < 4.78 is 5.84. The smallest absolute Gasteiger partial charge is 0.0587 e. The summed E-state index contributed by atoms with van der Waals surface area (Å²) in [5.74, 6) is 0.874. The van der Waals surface area contributed by atoms with Crippen LogP contribution in [0.4, 0.5) is 0 Å².